The predicted molar refractivity (Wildman–Crippen MR) is 137 cm³/mol. The van der Waals surface area contributed by atoms with Gasteiger partial charge in [0.05, 0.1) is 16.1 Å². The van der Waals surface area contributed by atoms with E-state index < -0.39 is 17.7 Å². The second-order valence-corrected chi connectivity index (χ2v) is 10.3. The van der Waals surface area contributed by atoms with E-state index in [0.29, 0.717) is 16.3 Å². The van der Waals surface area contributed by atoms with Crippen molar-refractivity contribution in [2.24, 2.45) is 0 Å². The summed E-state index contributed by atoms with van der Waals surface area (Å²) in [5.74, 6) is -1.44. The van der Waals surface area contributed by atoms with Gasteiger partial charge < -0.3 is 5.11 Å². The van der Waals surface area contributed by atoms with Crippen LogP contribution in [0.25, 0.3) is 10.6 Å². The summed E-state index contributed by atoms with van der Waals surface area (Å²) in [6.45, 7) is 5.66. The predicted octanol–water partition coefficient (Wildman–Crippen LogP) is 6.58. The molecule has 5 nitrogen and oxygen atoms in total. The van der Waals surface area contributed by atoms with Gasteiger partial charge in [0.25, 0.3) is 5.91 Å². The van der Waals surface area contributed by atoms with Crippen molar-refractivity contribution < 1.29 is 14.7 Å². The van der Waals surface area contributed by atoms with Crippen LogP contribution in [0.5, 0.6) is 0 Å². The van der Waals surface area contributed by atoms with Crippen molar-refractivity contribution >= 4 is 40.1 Å². The van der Waals surface area contributed by atoms with Gasteiger partial charge in [0.2, 0.25) is 5.78 Å². The van der Waals surface area contributed by atoms with E-state index in [1.165, 1.54) is 22.7 Å². The third-order valence-corrected chi connectivity index (χ3v) is 8.04. The van der Waals surface area contributed by atoms with E-state index in [9.17, 15) is 14.7 Å². The number of benzene rings is 2. The smallest absolute Gasteiger partial charge is 0.294 e. The third kappa shape index (κ3) is 3.67. The quantitative estimate of drug-likeness (QED) is 0.324. The maximum absolute atomic E-state index is 13.9. The minimum absolute atomic E-state index is 0.0970. The Morgan fingerprint density at radius 1 is 1.03 bits per heavy atom. The van der Waals surface area contributed by atoms with Crippen molar-refractivity contribution in [1.29, 1.82) is 0 Å². The molecule has 3 heterocycles. The molecule has 0 bridgehead atoms. The van der Waals surface area contributed by atoms with Gasteiger partial charge in [0.1, 0.15) is 11.0 Å². The number of thiophene rings is 1. The third-order valence-electron chi connectivity index (χ3n) is 5.91. The van der Waals surface area contributed by atoms with Gasteiger partial charge in [0, 0.05) is 16.1 Å². The first kappa shape index (κ1) is 22.3. The number of aliphatic hydroxyl groups excluding tert-OH is 1. The molecule has 1 aliphatic heterocycles. The number of hydrogen-bond acceptors (Lipinski definition) is 6. The number of ketones is 1. The molecule has 170 valence electrons. The number of aryl methyl sites for hydroxylation is 3. The first-order valence-corrected chi connectivity index (χ1v) is 12.5. The summed E-state index contributed by atoms with van der Waals surface area (Å²) in [6, 6.07) is 18.6. The van der Waals surface area contributed by atoms with Gasteiger partial charge in [-0.2, -0.15) is 0 Å². The van der Waals surface area contributed by atoms with E-state index in [2.05, 4.69) is 4.98 Å². The Labute approximate surface area is 205 Å². The Morgan fingerprint density at radius 3 is 2.50 bits per heavy atom. The number of Topliss-reactive ketones (excluding diaryl/α,β-unsaturated/α-hetero) is 1. The van der Waals surface area contributed by atoms with Crippen molar-refractivity contribution in [3.63, 3.8) is 0 Å². The van der Waals surface area contributed by atoms with Crippen LogP contribution in [-0.2, 0) is 4.79 Å². The summed E-state index contributed by atoms with van der Waals surface area (Å²) in [6.07, 6.45) is 0. The molecule has 1 unspecified atom stereocenters. The van der Waals surface area contributed by atoms with Crippen molar-refractivity contribution in [3.05, 3.63) is 104 Å². The molecule has 0 fully saturated rings. The molecule has 7 heteroatoms. The highest BCUT2D eigenvalue weighted by Gasteiger charge is 2.46. The molecule has 0 aliphatic carbocycles. The van der Waals surface area contributed by atoms with Crippen molar-refractivity contribution in [3.8, 4) is 10.6 Å². The zero-order valence-corrected chi connectivity index (χ0v) is 20.5. The molecule has 0 spiro atoms. The van der Waals surface area contributed by atoms with E-state index in [1.807, 2.05) is 79.9 Å². The number of nitrogens with zero attached hydrogens (tertiary/aromatic N) is 2. The standard InChI is InChI=1S/C27H22N2O3S2/c1-15-11-12-16(2)19(14-15)29-22(20-10-7-13-33-20)21(24(31)27(29)32)23(30)25-17(3)28-26(34-25)18-8-5-4-6-9-18/h4-14,22,31H,1-3H3. The summed E-state index contributed by atoms with van der Waals surface area (Å²) in [5.41, 5.74) is 4.16. The molecular weight excluding hydrogens is 464 g/mol. The molecule has 1 amide bonds. The Bertz CT molecular complexity index is 1440. The van der Waals surface area contributed by atoms with Gasteiger partial charge >= 0.3 is 0 Å². The van der Waals surface area contributed by atoms with Gasteiger partial charge in [-0.05, 0) is 49.4 Å². The molecular formula is C27H22N2O3S2. The lowest BCUT2D eigenvalue weighted by atomic mass is 9.99. The van der Waals surface area contributed by atoms with Crippen molar-refractivity contribution in [2.75, 3.05) is 4.90 Å². The van der Waals surface area contributed by atoms with E-state index in [4.69, 9.17) is 0 Å². The molecule has 5 rings (SSSR count). The van der Waals surface area contributed by atoms with E-state index in [-0.39, 0.29) is 11.4 Å². The minimum Gasteiger partial charge on any atom is -0.503 e. The van der Waals surface area contributed by atoms with Crippen LogP contribution in [0.15, 0.2) is 77.4 Å². The normalized spacial score (nSPS) is 15.9. The Kier molecular flexibility index (Phi) is 5.67. The highest BCUT2D eigenvalue weighted by atomic mass is 32.1. The van der Waals surface area contributed by atoms with E-state index in [1.54, 1.807) is 11.8 Å². The van der Waals surface area contributed by atoms with Crippen LogP contribution >= 0.6 is 22.7 Å². The molecule has 2 aromatic carbocycles. The van der Waals surface area contributed by atoms with Gasteiger partial charge in [-0.3, -0.25) is 14.5 Å². The molecule has 1 aliphatic rings. The lowest BCUT2D eigenvalue weighted by Gasteiger charge is -2.27. The van der Waals surface area contributed by atoms with Crippen molar-refractivity contribution in [1.82, 2.24) is 4.98 Å². The molecule has 34 heavy (non-hydrogen) atoms. The average molecular weight is 487 g/mol. The van der Waals surface area contributed by atoms with Gasteiger partial charge in [-0.25, -0.2) is 4.98 Å². The average Bonchev–Trinajstić information content (AvgIpc) is 3.55. The second-order valence-electron chi connectivity index (χ2n) is 8.27. The highest BCUT2D eigenvalue weighted by Crippen LogP contribution is 2.45. The van der Waals surface area contributed by atoms with Gasteiger partial charge in [0.15, 0.2) is 5.76 Å². The molecule has 4 aromatic rings. The van der Waals surface area contributed by atoms with Crippen molar-refractivity contribution in [2.45, 2.75) is 26.8 Å². The summed E-state index contributed by atoms with van der Waals surface area (Å²) in [7, 11) is 0. The zero-order chi connectivity index (χ0) is 24.0. The molecule has 0 radical (unpaired) electrons. The van der Waals surface area contributed by atoms with E-state index >= 15 is 0 Å². The van der Waals surface area contributed by atoms with Gasteiger partial charge in [-0.15, -0.1) is 22.7 Å². The SMILES string of the molecule is Cc1ccc(C)c(N2C(=O)C(O)=C(C(=O)c3sc(-c4ccccc4)nc3C)C2c2cccs2)c1. The number of anilines is 1. The number of aromatic nitrogens is 1. The summed E-state index contributed by atoms with van der Waals surface area (Å²) < 4.78 is 0. The number of aliphatic hydroxyl groups is 1. The maximum atomic E-state index is 13.9. The van der Waals surface area contributed by atoms with Crippen LogP contribution in [0, 0.1) is 20.8 Å². The molecule has 2 aromatic heterocycles. The summed E-state index contributed by atoms with van der Waals surface area (Å²) in [5, 5.41) is 13.7. The fourth-order valence-corrected chi connectivity index (χ4v) is 6.06. The van der Waals surface area contributed by atoms with Crippen LogP contribution in [0.2, 0.25) is 0 Å². The molecule has 0 saturated carbocycles. The maximum Gasteiger partial charge on any atom is 0.294 e. The summed E-state index contributed by atoms with van der Waals surface area (Å²) >= 11 is 2.73. The molecule has 1 N–H and O–H groups in total. The van der Waals surface area contributed by atoms with Crippen LogP contribution in [-0.4, -0.2) is 21.8 Å². The Hall–Kier alpha value is -3.55. The largest absolute Gasteiger partial charge is 0.503 e. The monoisotopic (exact) mass is 486 g/mol. The fraction of sp³-hybridized carbons (Fsp3) is 0.148. The second kappa shape index (κ2) is 8.66. The number of amides is 1. The fourth-order valence-electron chi connectivity index (χ4n) is 4.21. The Morgan fingerprint density at radius 2 is 1.79 bits per heavy atom. The molecule has 1 atom stereocenters. The number of hydrogen-bond donors (Lipinski definition) is 1. The first-order valence-electron chi connectivity index (χ1n) is 10.8. The topological polar surface area (TPSA) is 70.5 Å². The summed E-state index contributed by atoms with van der Waals surface area (Å²) in [4.78, 5) is 34.7. The number of carbonyl (C=O) groups is 2. The lowest BCUT2D eigenvalue weighted by molar-refractivity contribution is -0.117. The number of carbonyl (C=O) groups excluding carboxylic acids is 2. The molecule has 0 saturated heterocycles. The van der Waals surface area contributed by atoms with Gasteiger partial charge in [-0.1, -0.05) is 48.5 Å². The number of rotatable bonds is 5. The van der Waals surface area contributed by atoms with Crippen LogP contribution < -0.4 is 4.90 Å². The van der Waals surface area contributed by atoms with Crippen LogP contribution in [0.4, 0.5) is 5.69 Å². The first-order chi connectivity index (χ1) is 16.4. The van der Waals surface area contributed by atoms with Crippen LogP contribution in [0.1, 0.15) is 37.4 Å². The lowest BCUT2D eigenvalue weighted by Crippen LogP contribution is -2.31. The highest BCUT2D eigenvalue weighted by molar-refractivity contribution is 7.17. The van der Waals surface area contributed by atoms with Crippen LogP contribution in [0.3, 0.4) is 0 Å². The Balaban J connectivity index is 1.63. The minimum atomic E-state index is -0.706. The number of thiazole rings is 1. The zero-order valence-electron chi connectivity index (χ0n) is 18.9. The van der Waals surface area contributed by atoms with E-state index in [0.717, 1.165) is 26.6 Å².